The second-order valence-corrected chi connectivity index (χ2v) is 7.81. The minimum atomic E-state index is -3.85. The Morgan fingerprint density at radius 2 is 1.72 bits per heavy atom. The second kappa shape index (κ2) is 6.72. The van der Waals surface area contributed by atoms with Crippen molar-refractivity contribution in [3.8, 4) is 0 Å². The summed E-state index contributed by atoms with van der Waals surface area (Å²) in [7, 11) is -3.85. The van der Waals surface area contributed by atoms with E-state index < -0.39 is 15.7 Å². The van der Waals surface area contributed by atoms with Crippen LogP contribution in [0.4, 0.5) is 5.69 Å². The van der Waals surface area contributed by atoms with Crippen LogP contribution in [0.15, 0.2) is 58.3 Å². The average molecular weight is 356 g/mol. The lowest BCUT2D eigenvalue weighted by atomic mass is 10.1. The molecule has 1 amide bonds. The van der Waals surface area contributed by atoms with Gasteiger partial charge in [0.25, 0.3) is 5.91 Å². The molecule has 0 atom stereocenters. The summed E-state index contributed by atoms with van der Waals surface area (Å²) >= 11 is 0. The Bertz CT molecular complexity index is 945. The Morgan fingerprint density at radius 3 is 2.40 bits per heavy atom. The molecule has 0 fully saturated rings. The molecule has 0 saturated heterocycles. The maximum absolute atomic E-state index is 12.9. The molecule has 0 saturated carbocycles. The Kier molecular flexibility index (Phi) is 4.63. The molecule has 0 aromatic heterocycles. The summed E-state index contributed by atoms with van der Waals surface area (Å²) < 4.78 is 25.8. The van der Waals surface area contributed by atoms with Crippen molar-refractivity contribution in [2.75, 3.05) is 11.9 Å². The number of carbonyl (C=O) groups is 1. The van der Waals surface area contributed by atoms with E-state index in [9.17, 15) is 13.2 Å². The zero-order valence-corrected chi connectivity index (χ0v) is 15.0. The molecule has 130 valence electrons. The number of anilines is 1. The smallest absolute Gasteiger partial charge is 0.269 e. The first-order chi connectivity index (χ1) is 11.9. The van der Waals surface area contributed by atoms with Gasteiger partial charge in [0.1, 0.15) is 0 Å². The van der Waals surface area contributed by atoms with Crippen LogP contribution in [0.25, 0.3) is 5.70 Å². The summed E-state index contributed by atoms with van der Waals surface area (Å²) in [6, 6.07) is 13.9. The average Bonchev–Trinajstić information content (AvgIpc) is 2.82. The summed E-state index contributed by atoms with van der Waals surface area (Å²) in [5.41, 5.74) is 2.54. The molecule has 0 unspecified atom stereocenters. The second-order valence-electron chi connectivity index (χ2n) is 5.95. The van der Waals surface area contributed by atoms with Crippen LogP contribution in [0.1, 0.15) is 24.5 Å². The predicted octanol–water partition coefficient (Wildman–Crippen LogP) is 3.09. The van der Waals surface area contributed by atoms with Crippen LogP contribution in [0.3, 0.4) is 0 Å². The fourth-order valence-electron chi connectivity index (χ4n) is 2.76. The summed E-state index contributed by atoms with van der Waals surface area (Å²) in [6.07, 6.45) is 0.818. The topological polar surface area (TPSA) is 75.3 Å². The van der Waals surface area contributed by atoms with Crippen LogP contribution in [0, 0.1) is 6.92 Å². The molecule has 0 bridgehead atoms. The van der Waals surface area contributed by atoms with Crippen molar-refractivity contribution in [1.82, 2.24) is 5.32 Å². The number of hydrogen-bond acceptors (Lipinski definition) is 4. The molecular formula is C19H20N2O3S. The van der Waals surface area contributed by atoms with Crippen molar-refractivity contribution >= 4 is 27.1 Å². The van der Waals surface area contributed by atoms with Crippen molar-refractivity contribution in [3.63, 3.8) is 0 Å². The van der Waals surface area contributed by atoms with Gasteiger partial charge >= 0.3 is 0 Å². The molecule has 6 heteroatoms. The summed E-state index contributed by atoms with van der Waals surface area (Å²) in [5, 5.41) is 5.80. The van der Waals surface area contributed by atoms with E-state index in [1.165, 1.54) is 6.07 Å². The lowest BCUT2D eigenvalue weighted by molar-refractivity contribution is -0.112. The van der Waals surface area contributed by atoms with Crippen molar-refractivity contribution in [3.05, 3.63) is 64.6 Å². The van der Waals surface area contributed by atoms with Crippen LogP contribution < -0.4 is 10.6 Å². The van der Waals surface area contributed by atoms with Crippen molar-refractivity contribution in [2.24, 2.45) is 0 Å². The fraction of sp³-hybridized carbons (Fsp3) is 0.211. The van der Waals surface area contributed by atoms with Crippen molar-refractivity contribution in [1.29, 1.82) is 0 Å². The normalized spacial score (nSPS) is 15.0. The zero-order valence-electron chi connectivity index (χ0n) is 14.2. The third kappa shape index (κ3) is 3.17. The standard InChI is InChI=1S/C19H20N2O3S/c1-3-12-20-17-15-6-4-5-7-16(15)25(23,24)18(17)19(22)21-14-10-8-13(2)9-11-14/h4-11,20H,3,12H2,1-2H3,(H,21,22). The Balaban J connectivity index is 2.03. The molecule has 3 rings (SSSR count). The monoisotopic (exact) mass is 356 g/mol. The van der Waals surface area contributed by atoms with E-state index in [-0.39, 0.29) is 9.80 Å². The van der Waals surface area contributed by atoms with E-state index in [0.717, 1.165) is 12.0 Å². The number of carbonyl (C=O) groups excluding carboxylic acids is 1. The Hall–Kier alpha value is -2.60. The highest BCUT2D eigenvalue weighted by atomic mass is 32.2. The van der Waals surface area contributed by atoms with Gasteiger partial charge in [0.2, 0.25) is 9.84 Å². The predicted molar refractivity (Wildman–Crippen MR) is 98.7 cm³/mol. The maximum atomic E-state index is 12.9. The molecule has 5 nitrogen and oxygen atoms in total. The number of aryl methyl sites for hydroxylation is 1. The molecule has 0 spiro atoms. The van der Waals surface area contributed by atoms with Crippen LogP contribution >= 0.6 is 0 Å². The van der Waals surface area contributed by atoms with Gasteiger partial charge in [-0.05, 0) is 31.5 Å². The number of nitrogens with one attached hydrogen (secondary N) is 2. The molecule has 2 aromatic carbocycles. The molecule has 25 heavy (non-hydrogen) atoms. The van der Waals surface area contributed by atoms with Gasteiger partial charge in [-0.2, -0.15) is 0 Å². The zero-order chi connectivity index (χ0) is 18.0. The Morgan fingerprint density at radius 1 is 1.04 bits per heavy atom. The van der Waals surface area contributed by atoms with E-state index in [4.69, 9.17) is 0 Å². The molecule has 1 aliphatic rings. The van der Waals surface area contributed by atoms with E-state index in [2.05, 4.69) is 10.6 Å². The first-order valence-electron chi connectivity index (χ1n) is 8.16. The molecule has 1 heterocycles. The highest BCUT2D eigenvalue weighted by molar-refractivity contribution is 7.97. The first-order valence-corrected chi connectivity index (χ1v) is 9.64. The molecule has 2 aromatic rings. The summed E-state index contributed by atoms with van der Waals surface area (Å²) in [4.78, 5) is 12.7. The van der Waals surface area contributed by atoms with Gasteiger partial charge in [-0.3, -0.25) is 4.79 Å². The van der Waals surface area contributed by atoms with Crippen LogP contribution in [0.2, 0.25) is 0 Å². The number of fused-ring (bicyclic) bond motifs is 1. The van der Waals surface area contributed by atoms with Gasteiger partial charge in [-0.1, -0.05) is 42.8 Å². The van der Waals surface area contributed by atoms with Gasteiger partial charge in [0.05, 0.1) is 10.6 Å². The first kappa shape index (κ1) is 17.2. The van der Waals surface area contributed by atoms with E-state index in [1.807, 2.05) is 26.0 Å². The summed E-state index contributed by atoms with van der Waals surface area (Å²) in [6.45, 7) is 4.51. The maximum Gasteiger partial charge on any atom is 0.269 e. The largest absolute Gasteiger partial charge is 0.383 e. The minimum Gasteiger partial charge on any atom is -0.383 e. The third-order valence-electron chi connectivity index (χ3n) is 4.01. The SMILES string of the molecule is CCCNC1=C(C(=O)Nc2ccc(C)cc2)S(=O)(=O)c2ccccc21. The minimum absolute atomic E-state index is 0.169. The highest BCUT2D eigenvalue weighted by Gasteiger charge is 2.39. The number of rotatable bonds is 5. The third-order valence-corrected chi connectivity index (χ3v) is 5.87. The van der Waals surface area contributed by atoms with Gasteiger partial charge in [0, 0.05) is 17.8 Å². The number of benzene rings is 2. The summed E-state index contributed by atoms with van der Waals surface area (Å²) in [5.74, 6) is -0.626. The van der Waals surface area contributed by atoms with Crippen molar-refractivity contribution < 1.29 is 13.2 Å². The lowest BCUT2D eigenvalue weighted by Gasteiger charge is -2.10. The van der Waals surface area contributed by atoms with Crippen LogP contribution in [-0.2, 0) is 14.6 Å². The molecular weight excluding hydrogens is 336 g/mol. The highest BCUT2D eigenvalue weighted by Crippen LogP contribution is 2.38. The van der Waals surface area contributed by atoms with Gasteiger partial charge in [-0.25, -0.2) is 8.42 Å². The van der Waals surface area contributed by atoms with Gasteiger partial charge < -0.3 is 10.6 Å². The Labute approximate surface area is 147 Å². The lowest BCUT2D eigenvalue weighted by Crippen LogP contribution is -2.23. The molecule has 0 aliphatic carbocycles. The molecule has 0 radical (unpaired) electrons. The molecule has 2 N–H and O–H groups in total. The van der Waals surface area contributed by atoms with E-state index in [1.54, 1.807) is 30.3 Å². The van der Waals surface area contributed by atoms with E-state index >= 15 is 0 Å². The molecule has 1 aliphatic heterocycles. The van der Waals surface area contributed by atoms with Gasteiger partial charge in [0.15, 0.2) is 4.91 Å². The van der Waals surface area contributed by atoms with Crippen LogP contribution in [0.5, 0.6) is 0 Å². The van der Waals surface area contributed by atoms with Gasteiger partial charge in [-0.15, -0.1) is 0 Å². The van der Waals surface area contributed by atoms with Crippen molar-refractivity contribution in [2.45, 2.75) is 25.2 Å². The number of sulfone groups is 1. The van der Waals surface area contributed by atoms with E-state index in [0.29, 0.717) is 23.5 Å². The number of amides is 1. The fourth-order valence-corrected chi connectivity index (χ4v) is 4.44. The number of hydrogen-bond donors (Lipinski definition) is 2. The van der Waals surface area contributed by atoms with Crippen LogP contribution in [-0.4, -0.2) is 20.9 Å². The quantitative estimate of drug-likeness (QED) is 0.863.